The number of alkyl halides is 1. The van der Waals surface area contributed by atoms with Crippen molar-refractivity contribution in [3.63, 3.8) is 0 Å². The lowest BCUT2D eigenvalue weighted by atomic mass is 10.0. The van der Waals surface area contributed by atoms with Crippen LogP contribution in [-0.2, 0) is 4.79 Å². The third-order valence-electron chi connectivity index (χ3n) is 5.36. The molecule has 5 atom stereocenters. The van der Waals surface area contributed by atoms with Gasteiger partial charge in [-0.25, -0.2) is 10.9 Å². The van der Waals surface area contributed by atoms with Gasteiger partial charge in [-0.2, -0.15) is 0 Å². The molecule has 0 aromatic heterocycles. The smallest absolute Gasteiger partial charge is 0.242 e. The maximum absolute atomic E-state index is 13.2. The zero-order valence-corrected chi connectivity index (χ0v) is 15.9. The quantitative estimate of drug-likeness (QED) is 0.644. The Bertz CT molecular complexity index is 561. The van der Waals surface area contributed by atoms with Crippen LogP contribution in [-0.4, -0.2) is 46.8 Å². The standard InChI is InChI=1S/C17H23BrN4O.ClH/c18-14-15(11-4-2-1-3-5-11)20-21-16(14)17(23)22-12-6-7-13(22)10-19-9-8-12;/h1-5,12-16,19-21H,6-10H2;1H. The number of fused-ring (bicyclic) bond motifs is 2. The fourth-order valence-corrected chi connectivity index (χ4v) is 4.96. The number of nitrogens with one attached hydrogen (secondary N) is 3. The van der Waals surface area contributed by atoms with Crippen LogP contribution in [0.25, 0.3) is 0 Å². The molecule has 3 N–H and O–H groups in total. The topological polar surface area (TPSA) is 56.4 Å². The van der Waals surface area contributed by atoms with Crippen LogP contribution in [0.5, 0.6) is 0 Å². The van der Waals surface area contributed by atoms with Gasteiger partial charge in [-0.3, -0.25) is 4.79 Å². The second-order valence-corrected chi connectivity index (χ2v) is 7.78. The summed E-state index contributed by atoms with van der Waals surface area (Å²) in [5.41, 5.74) is 7.72. The minimum Gasteiger partial charge on any atom is -0.334 e. The van der Waals surface area contributed by atoms with E-state index in [-0.39, 0.29) is 35.2 Å². The Morgan fingerprint density at radius 2 is 1.83 bits per heavy atom. The molecule has 0 saturated carbocycles. The van der Waals surface area contributed by atoms with Crippen molar-refractivity contribution in [3.8, 4) is 0 Å². The van der Waals surface area contributed by atoms with Crippen LogP contribution in [0.1, 0.15) is 30.9 Å². The van der Waals surface area contributed by atoms with Gasteiger partial charge in [-0.05, 0) is 31.4 Å². The summed E-state index contributed by atoms with van der Waals surface area (Å²) in [5, 5.41) is 3.46. The van der Waals surface area contributed by atoms with Crippen LogP contribution in [0, 0.1) is 0 Å². The second-order valence-electron chi connectivity index (χ2n) is 6.72. The molecule has 3 aliphatic rings. The number of halogens is 2. The van der Waals surface area contributed by atoms with Gasteiger partial charge in [0.25, 0.3) is 0 Å². The summed E-state index contributed by atoms with van der Waals surface area (Å²) in [6.07, 6.45) is 3.34. The van der Waals surface area contributed by atoms with Gasteiger partial charge in [0.1, 0.15) is 6.04 Å². The highest BCUT2D eigenvalue weighted by Crippen LogP contribution is 2.33. The highest BCUT2D eigenvalue weighted by Gasteiger charge is 2.46. The Morgan fingerprint density at radius 3 is 2.62 bits per heavy atom. The molecule has 3 saturated heterocycles. The summed E-state index contributed by atoms with van der Waals surface area (Å²) < 4.78 is 0. The molecule has 1 aromatic rings. The van der Waals surface area contributed by atoms with Crippen LogP contribution < -0.4 is 16.2 Å². The van der Waals surface area contributed by atoms with Crippen molar-refractivity contribution in [1.82, 2.24) is 21.1 Å². The number of hydrogen-bond donors (Lipinski definition) is 3. The van der Waals surface area contributed by atoms with Crippen molar-refractivity contribution in [2.45, 2.75) is 48.3 Å². The summed E-state index contributed by atoms with van der Waals surface area (Å²) >= 11 is 3.77. The zero-order chi connectivity index (χ0) is 15.8. The minimum absolute atomic E-state index is 0. The van der Waals surface area contributed by atoms with Gasteiger partial charge in [0.05, 0.1) is 10.9 Å². The van der Waals surface area contributed by atoms with E-state index in [1.165, 1.54) is 5.56 Å². The normalized spacial score (nSPS) is 35.4. The molecule has 7 heteroatoms. The van der Waals surface area contributed by atoms with Crippen molar-refractivity contribution in [2.24, 2.45) is 0 Å². The van der Waals surface area contributed by atoms with Crippen LogP contribution in [0.3, 0.4) is 0 Å². The third-order valence-corrected chi connectivity index (χ3v) is 6.42. The van der Waals surface area contributed by atoms with E-state index in [0.29, 0.717) is 12.1 Å². The number of benzene rings is 1. The van der Waals surface area contributed by atoms with E-state index in [0.717, 1.165) is 32.4 Å². The molecule has 0 aliphatic carbocycles. The third kappa shape index (κ3) is 3.22. The summed E-state index contributed by atoms with van der Waals surface area (Å²) in [6, 6.07) is 10.9. The molecule has 1 aromatic carbocycles. The van der Waals surface area contributed by atoms with Crippen LogP contribution in [0.15, 0.2) is 30.3 Å². The molecular weight excluding hydrogens is 392 g/mol. The van der Waals surface area contributed by atoms with Crippen molar-refractivity contribution in [1.29, 1.82) is 0 Å². The molecule has 2 bridgehead atoms. The van der Waals surface area contributed by atoms with E-state index < -0.39 is 0 Å². The van der Waals surface area contributed by atoms with Gasteiger partial charge in [-0.15, -0.1) is 12.4 Å². The lowest BCUT2D eigenvalue weighted by Gasteiger charge is -2.31. The fourth-order valence-electron chi connectivity index (χ4n) is 4.16. The van der Waals surface area contributed by atoms with Crippen molar-refractivity contribution in [2.75, 3.05) is 13.1 Å². The maximum atomic E-state index is 13.2. The van der Waals surface area contributed by atoms with Crippen LogP contribution >= 0.6 is 28.3 Å². The molecule has 3 heterocycles. The molecular formula is C17H24BrClN4O. The number of amides is 1. The Kier molecular flexibility index (Phi) is 5.82. The Morgan fingerprint density at radius 1 is 1.08 bits per heavy atom. The summed E-state index contributed by atoms with van der Waals surface area (Å²) in [6.45, 7) is 1.95. The predicted octanol–water partition coefficient (Wildman–Crippen LogP) is 1.74. The summed E-state index contributed by atoms with van der Waals surface area (Å²) in [4.78, 5) is 15.4. The summed E-state index contributed by atoms with van der Waals surface area (Å²) in [7, 11) is 0. The Balaban J connectivity index is 0.00000169. The molecule has 1 amide bonds. The number of carbonyl (C=O) groups is 1. The molecule has 24 heavy (non-hydrogen) atoms. The number of nitrogens with zero attached hydrogens (tertiary/aromatic N) is 1. The highest BCUT2D eigenvalue weighted by molar-refractivity contribution is 9.09. The number of carbonyl (C=O) groups excluding carboxylic acids is 1. The lowest BCUT2D eigenvalue weighted by Crippen LogP contribution is -2.52. The minimum atomic E-state index is -0.221. The van der Waals surface area contributed by atoms with E-state index in [1.54, 1.807) is 0 Å². The lowest BCUT2D eigenvalue weighted by molar-refractivity contribution is -0.135. The van der Waals surface area contributed by atoms with Gasteiger partial charge in [0.15, 0.2) is 0 Å². The van der Waals surface area contributed by atoms with Gasteiger partial charge < -0.3 is 10.2 Å². The number of hydrogen-bond acceptors (Lipinski definition) is 4. The monoisotopic (exact) mass is 414 g/mol. The van der Waals surface area contributed by atoms with E-state index in [9.17, 15) is 4.79 Å². The Labute approximate surface area is 157 Å². The van der Waals surface area contributed by atoms with E-state index in [4.69, 9.17) is 0 Å². The second kappa shape index (κ2) is 7.70. The summed E-state index contributed by atoms with van der Waals surface area (Å²) in [5.74, 6) is 0.231. The molecule has 3 aliphatic heterocycles. The van der Waals surface area contributed by atoms with E-state index >= 15 is 0 Å². The van der Waals surface area contributed by atoms with Crippen LogP contribution in [0.4, 0.5) is 0 Å². The number of rotatable bonds is 2. The number of hydrazine groups is 1. The first-order valence-corrected chi connectivity index (χ1v) is 9.40. The van der Waals surface area contributed by atoms with Crippen molar-refractivity contribution < 1.29 is 4.79 Å². The SMILES string of the molecule is Cl.O=C(C1NNC(c2ccccc2)C1Br)N1C2CCNCC1CC2. The van der Waals surface area contributed by atoms with Gasteiger partial charge >= 0.3 is 0 Å². The van der Waals surface area contributed by atoms with Crippen LogP contribution in [0.2, 0.25) is 0 Å². The molecule has 5 unspecified atom stereocenters. The molecule has 3 fully saturated rings. The van der Waals surface area contributed by atoms with E-state index in [2.05, 4.69) is 49.1 Å². The average Bonchev–Trinajstić information content (AvgIpc) is 3.06. The molecule has 0 spiro atoms. The highest BCUT2D eigenvalue weighted by atomic mass is 79.9. The van der Waals surface area contributed by atoms with E-state index in [1.807, 2.05) is 18.2 Å². The van der Waals surface area contributed by atoms with Crippen molar-refractivity contribution >= 4 is 34.2 Å². The average molecular weight is 416 g/mol. The first kappa shape index (κ1) is 18.1. The Hall–Kier alpha value is -0.660. The molecule has 5 nitrogen and oxygen atoms in total. The molecule has 132 valence electrons. The largest absolute Gasteiger partial charge is 0.334 e. The first-order chi connectivity index (χ1) is 11.3. The van der Waals surface area contributed by atoms with Gasteiger partial charge in [-0.1, -0.05) is 46.3 Å². The fraction of sp³-hybridized carbons (Fsp3) is 0.588. The molecule has 0 radical (unpaired) electrons. The zero-order valence-electron chi connectivity index (χ0n) is 13.5. The van der Waals surface area contributed by atoms with Gasteiger partial charge in [0.2, 0.25) is 5.91 Å². The van der Waals surface area contributed by atoms with Crippen molar-refractivity contribution in [3.05, 3.63) is 35.9 Å². The first-order valence-electron chi connectivity index (χ1n) is 8.48. The maximum Gasteiger partial charge on any atom is 0.242 e. The molecule has 4 rings (SSSR count). The predicted molar refractivity (Wildman–Crippen MR) is 100 cm³/mol. The van der Waals surface area contributed by atoms with Gasteiger partial charge in [0, 0.05) is 18.6 Å².